The third-order valence-electron chi connectivity index (χ3n) is 2.40. The van der Waals surface area contributed by atoms with Crippen LogP contribution < -0.4 is 5.73 Å². The molecule has 72 valence electrons. The molecule has 13 heavy (non-hydrogen) atoms. The van der Waals surface area contributed by atoms with Crippen molar-refractivity contribution in [3.05, 3.63) is 10.7 Å². The van der Waals surface area contributed by atoms with Crippen LogP contribution in [0.4, 0.5) is 5.00 Å². The summed E-state index contributed by atoms with van der Waals surface area (Å²) in [5.41, 5.74) is 6.99. The van der Waals surface area contributed by atoms with E-state index in [9.17, 15) is 0 Å². The Morgan fingerprint density at radius 2 is 2.15 bits per heavy atom. The predicted octanol–water partition coefficient (Wildman–Crippen LogP) is 1.93. The van der Waals surface area contributed by atoms with Gasteiger partial charge in [-0.1, -0.05) is 0 Å². The summed E-state index contributed by atoms with van der Waals surface area (Å²) >= 11 is 1.59. The summed E-state index contributed by atoms with van der Waals surface area (Å²) in [6.07, 6.45) is 2.13. The number of nitrogen functional groups attached to an aromatic ring is 1. The first-order valence-electron chi connectivity index (χ1n) is 4.58. The van der Waals surface area contributed by atoms with Gasteiger partial charge in [0.15, 0.2) is 0 Å². The average Bonchev–Trinajstić information content (AvgIpc) is 2.47. The van der Waals surface area contributed by atoms with E-state index in [0.717, 1.165) is 41.8 Å². The van der Waals surface area contributed by atoms with Crippen molar-refractivity contribution >= 4 is 16.3 Å². The van der Waals surface area contributed by atoms with Crippen molar-refractivity contribution < 1.29 is 4.74 Å². The Morgan fingerprint density at radius 3 is 2.69 bits per heavy atom. The summed E-state index contributed by atoms with van der Waals surface area (Å²) in [6.45, 7) is 3.70. The molecule has 0 amide bonds. The predicted molar refractivity (Wildman–Crippen MR) is 54.1 cm³/mol. The first kappa shape index (κ1) is 8.97. The Hall–Kier alpha value is -0.610. The fourth-order valence-electron chi connectivity index (χ4n) is 1.72. The number of nitrogens with zero attached hydrogens (tertiary/aromatic N) is 1. The summed E-state index contributed by atoms with van der Waals surface area (Å²) < 4.78 is 5.30. The highest BCUT2D eigenvalue weighted by Crippen LogP contribution is 2.33. The zero-order chi connectivity index (χ0) is 9.26. The molecule has 1 aliphatic heterocycles. The molecule has 2 heterocycles. The molecule has 0 unspecified atom stereocenters. The van der Waals surface area contributed by atoms with Crippen molar-refractivity contribution in [3.63, 3.8) is 0 Å². The normalized spacial score (nSPS) is 19.2. The van der Waals surface area contributed by atoms with Crippen LogP contribution in [-0.4, -0.2) is 18.2 Å². The highest BCUT2D eigenvalue weighted by Gasteiger charge is 2.20. The van der Waals surface area contributed by atoms with Crippen molar-refractivity contribution in [1.29, 1.82) is 0 Å². The molecule has 0 bridgehead atoms. The lowest BCUT2D eigenvalue weighted by molar-refractivity contribution is 0.0847. The smallest absolute Gasteiger partial charge is 0.110 e. The van der Waals surface area contributed by atoms with Crippen LogP contribution in [0.15, 0.2) is 0 Å². The van der Waals surface area contributed by atoms with Gasteiger partial charge in [0.25, 0.3) is 0 Å². The van der Waals surface area contributed by atoms with E-state index in [2.05, 4.69) is 4.98 Å². The zero-order valence-corrected chi connectivity index (χ0v) is 8.56. The molecule has 0 aromatic carbocycles. The molecule has 3 nitrogen and oxygen atoms in total. The van der Waals surface area contributed by atoms with Crippen molar-refractivity contribution in [2.75, 3.05) is 18.9 Å². The maximum Gasteiger partial charge on any atom is 0.110 e. The number of rotatable bonds is 1. The molecular weight excluding hydrogens is 184 g/mol. The summed E-state index contributed by atoms with van der Waals surface area (Å²) in [7, 11) is 0. The molecule has 0 saturated carbocycles. The summed E-state index contributed by atoms with van der Waals surface area (Å²) in [6, 6.07) is 0. The Balaban J connectivity index is 2.18. The van der Waals surface area contributed by atoms with Gasteiger partial charge in [-0.2, -0.15) is 0 Å². The fraction of sp³-hybridized carbons (Fsp3) is 0.667. The van der Waals surface area contributed by atoms with E-state index < -0.39 is 0 Å². The van der Waals surface area contributed by atoms with Gasteiger partial charge in [-0.3, -0.25) is 0 Å². The first-order chi connectivity index (χ1) is 6.27. The third-order valence-corrected chi connectivity index (χ3v) is 3.21. The number of aryl methyl sites for hydroxylation is 1. The topological polar surface area (TPSA) is 48.1 Å². The van der Waals surface area contributed by atoms with Gasteiger partial charge in [0, 0.05) is 19.1 Å². The minimum absolute atomic E-state index is 0.527. The van der Waals surface area contributed by atoms with Crippen LogP contribution in [-0.2, 0) is 4.74 Å². The van der Waals surface area contributed by atoms with Crippen molar-refractivity contribution in [3.8, 4) is 0 Å². The Labute approximate surface area is 81.9 Å². The maximum absolute atomic E-state index is 5.89. The minimum atomic E-state index is 0.527. The molecule has 0 radical (unpaired) electrons. The first-order valence-corrected chi connectivity index (χ1v) is 5.39. The van der Waals surface area contributed by atoms with Crippen LogP contribution in [0.2, 0.25) is 0 Å². The van der Waals surface area contributed by atoms with E-state index in [-0.39, 0.29) is 0 Å². The Bertz CT molecular complexity index is 292. The van der Waals surface area contributed by atoms with Crippen LogP contribution >= 0.6 is 11.3 Å². The lowest BCUT2D eigenvalue weighted by atomic mass is 9.97. The van der Waals surface area contributed by atoms with Crippen LogP contribution in [0.3, 0.4) is 0 Å². The molecule has 2 N–H and O–H groups in total. The van der Waals surface area contributed by atoms with Gasteiger partial charge >= 0.3 is 0 Å². The SMILES string of the molecule is Cc1nc(C2CCOCC2)c(N)s1. The van der Waals surface area contributed by atoms with Crippen LogP contribution in [0.5, 0.6) is 0 Å². The van der Waals surface area contributed by atoms with Crippen LogP contribution in [0, 0.1) is 6.92 Å². The Morgan fingerprint density at radius 1 is 1.46 bits per heavy atom. The molecule has 0 aliphatic carbocycles. The summed E-state index contributed by atoms with van der Waals surface area (Å²) in [5, 5.41) is 1.96. The van der Waals surface area contributed by atoms with Crippen molar-refractivity contribution in [1.82, 2.24) is 4.98 Å². The molecule has 1 aromatic rings. The zero-order valence-electron chi connectivity index (χ0n) is 7.75. The lowest BCUT2D eigenvalue weighted by Gasteiger charge is -2.20. The Kier molecular flexibility index (Phi) is 2.51. The largest absolute Gasteiger partial charge is 0.389 e. The number of hydrogen-bond acceptors (Lipinski definition) is 4. The second-order valence-electron chi connectivity index (χ2n) is 3.37. The van der Waals surface area contributed by atoms with E-state index >= 15 is 0 Å². The number of hydrogen-bond donors (Lipinski definition) is 1. The molecule has 4 heteroatoms. The summed E-state index contributed by atoms with van der Waals surface area (Å²) in [4.78, 5) is 4.47. The van der Waals surface area contributed by atoms with Gasteiger partial charge in [-0.25, -0.2) is 4.98 Å². The molecule has 1 saturated heterocycles. The van der Waals surface area contributed by atoms with E-state index in [1.165, 1.54) is 0 Å². The quantitative estimate of drug-likeness (QED) is 0.750. The molecule has 0 spiro atoms. The average molecular weight is 198 g/mol. The number of anilines is 1. The van der Waals surface area contributed by atoms with Gasteiger partial charge < -0.3 is 10.5 Å². The second-order valence-corrected chi connectivity index (χ2v) is 4.60. The van der Waals surface area contributed by atoms with Gasteiger partial charge in [0.1, 0.15) is 5.00 Å². The van der Waals surface area contributed by atoms with Crippen molar-refractivity contribution in [2.24, 2.45) is 0 Å². The molecular formula is C9H14N2OS. The number of aromatic nitrogens is 1. The van der Waals surface area contributed by atoms with Gasteiger partial charge in [-0.05, 0) is 19.8 Å². The second kappa shape index (κ2) is 3.64. The number of ether oxygens (including phenoxy) is 1. The van der Waals surface area contributed by atoms with Crippen LogP contribution in [0.25, 0.3) is 0 Å². The standard InChI is InChI=1S/C9H14N2OS/c1-6-11-8(9(10)13-6)7-2-4-12-5-3-7/h7H,2-5,10H2,1H3. The van der Waals surface area contributed by atoms with Gasteiger partial charge in [0.05, 0.1) is 10.7 Å². The third kappa shape index (κ3) is 1.84. The molecule has 1 aromatic heterocycles. The summed E-state index contributed by atoms with van der Waals surface area (Å²) in [5.74, 6) is 0.527. The van der Waals surface area contributed by atoms with E-state index in [4.69, 9.17) is 10.5 Å². The molecule has 0 atom stereocenters. The maximum atomic E-state index is 5.89. The highest BCUT2D eigenvalue weighted by atomic mass is 32.1. The van der Waals surface area contributed by atoms with E-state index in [1.54, 1.807) is 11.3 Å². The van der Waals surface area contributed by atoms with Gasteiger partial charge in [-0.15, -0.1) is 11.3 Å². The minimum Gasteiger partial charge on any atom is -0.389 e. The monoisotopic (exact) mass is 198 g/mol. The fourth-order valence-corrected chi connectivity index (χ4v) is 2.50. The van der Waals surface area contributed by atoms with E-state index in [0.29, 0.717) is 5.92 Å². The number of thiazole rings is 1. The van der Waals surface area contributed by atoms with Gasteiger partial charge in [0.2, 0.25) is 0 Å². The lowest BCUT2D eigenvalue weighted by Crippen LogP contribution is -2.15. The van der Waals surface area contributed by atoms with Crippen LogP contribution in [0.1, 0.15) is 29.5 Å². The molecule has 1 aliphatic rings. The molecule has 2 rings (SSSR count). The number of nitrogens with two attached hydrogens (primary N) is 1. The van der Waals surface area contributed by atoms with E-state index in [1.807, 2.05) is 6.92 Å². The highest BCUT2D eigenvalue weighted by molar-refractivity contribution is 7.15. The van der Waals surface area contributed by atoms with Crippen molar-refractivity contribution in [2.45, 2.75) is 25.7 Å². The molecule has 1 fully saturated rings.